The van der Waals surface area contributed by atoms with E-state index in [0.717, 1.165) is 0 Å². The van der Waals surface area contributed by atoms with Gasteiger partial charge in [0.2, 0.25) is 0 Å². The van der Waals surface area contributed by atoms with Crippen LogP contribution in [0.3, 0.4) is 0 Å². The van der Waals surface area contributed by atoms with E-state index in [4.69, 9.17) is 10.5 Å². The number of aliphatic hydroxyl groups is 5. The van der Waals surface area contributed by atoms with Crippen LogP contribution in [0, 0.1) is 0 Å². The van der Waals surface area contributed by atoms with Gasteiger partial charge in [-0.15, -0.1) is 0 Å². The molecule has 7 nitrogen and oxygen atoms in total. The average molecular weight is 223 g/mol. The van der Waals surface area contributed by atoms with Crippen LogP contribution in [-0.4, -0.2) is 75.3 Å². The van der Waals surface area contributed by atoms with Crippen LogP contribution >= 0.6 is 0 Å². The summed E-state index contributed by atoms with van der Waals surface area (Å²) in [5.41, 5.74) is 5.17. The molecule has 0 spiro atoms. The summed E-state index contributed by atoms with van der Waals surface area (Å²) in [6, 6.07) is 0. The lowest BCUT2D eigenvalue weighted by Gasteiger charge is -2.41. The highest BCUT2D eigenvalue weighted by Crippen LogP contribution is 2.23. The topological polar surface area (TPSA) is 136 Å². The van der Waals surface area contributed by atoms with Gasteiger partial charge in [0, 0.05) is 6.54 Å². The van der Waals surface area contributed by atoms with Crippen molar-refractivity contribution in [3.05, 3.63) is 0 Å². The van der Waals surface area contributed by atoms with Crippen molar-refractivity contribution in [1.82, 2.24) is 0 Å². The van der Waals surface area contributed by atoms with Crippen LogP contribution in [0.5, 0.6) is 0 Å². The third-order valence-corrected chi connectivity index (χ3v) is 2.50. The van der Waals surface area contributed by atoms with E-state index in [2.05, 4.69) is 0 Å². The molecular formula is C8H17NO6. The normalized spacial score (nSPS) is 46.8. The molecule has 2 unspecified atom stereocenters. The lowest BCUT2D eigenvalue weighted by Crippen LogP contribution is -2.64. The molecule has 0 saturated heterocycles. The van der Waals surface area contributed by atoms with Gasteiger partial charge in [-0.2, -0.15) is 0 Å². The third-order valence-electron chi connectivity index (χ3n) is 2.50. The lowest BCUT2D eigenvalue weighted by atomic mass is 9.85. The summed E-state index contributed by atoms with van der Waals surface area (Å²) < 4.78 is 4.99. The predicted molar refractivity (Wildman–Crippen MR) is 48.8 cm³/mol. The zero-order chi connectivity index (χ0) is 11.6. The first-order valence-electron chi connectivity index (χ1n) is 4.72. The smallest absolute Gasteiger partial charge is 0.115 e. The highest BCUT2D eigenvalue weighted by atomic mass is 16.5. The van der Waals surface area contributed by atoms with Gasteiger partial charge in [-0.3, -0.25) is 0 Å². The average Bonchev–Trinajstić information content (AvgIpc) is 2.24. The van der Waals surface area contributed by atoms with Gasteiger partial charge in [0.15, 0.2) is 0 Å². The van der Waals surface area contributed by atoms with Crippen LogP contribution in [0.2, 0.25) is 0 Å². The van der Waals surface area contributed by atoms with Crippen molar-refractivity contribution in [1.29, 1.82) is 0 Å². The maximum Gasteiger partial charge on any atom is 0.115 e. The van der Waals surface area contributed by atoms with Crippen LogP contribution in [0.25, 0.3) is 0 Å². The quantitative estimate of drug-likeness (QED) is 0.288. The summed E-state index contributed by atoms with van der Waals surface area (Å²) in [4.78, 5) is 0. The minimum absolute atomic E-state index is 0.0777. The highest BCUT2D eigenvalue weighted by Gasteiger charge is 2.48. The van der Waals surface area contributed by atoms with E-state index in [9.17, 15) is 25.5 Å². The standard InChI is InChI=1S/C8H17NO6/c9-1-2-15-8-6(13)4(11)3(10)5(12)7(8)14/h3-8,10-14H,1-2,9H2/t3?,4-,5+,6+,7-,8?. The highest BCUT2D eigenvalue weighted by molar-refractivity contribution is 4.99. The second-order valence-corrected chi connectivity index (χ2v) is 3.58. The van der Waals surface area contributed by atoms with Crippen LogP contribution in [-0.2, 0) is 4.74 Å². The molecule has 7 N–H and O–H groups in total. The van der Waals surface area contributed by atoms with Gasteiger partial charge in [0.1, 0.15) is 36.6 Å². The minimum Gasteiger partial charge on any atom is -0.387 e. The molecule has 0 aromatic heterocycles. The maximum absolute atomic E-state index is 9.48. The Bertz CT molecular complexity index is 188. The molecule has 0 heterocycles. The summed E-state index contributed by atoms with van der Waals surface area (Å²) in [6.07, 6.45) is -8.75. The number of nitrogens with two attached hydrogens (primary N) is 1. The van der Waals surface area contributed by atoms with Gasteiger partial charge in [-0.1, -0.05) is 0 Å². The van der Waals surface area contributed by atoms with E-state index in [-0.39, 0.29) is 13.2 Å². The van der Waals surface area contributed by atoms with Crippen molar-refractivity contribution in [2.24, 2.45) is 5.73 Å². The van der Waals surface area contributed by atoms with E-state index < -0.39 is 36.6 Å². The Morgan fingerprint density at radius 1 is 0.800 bits per heavy atom. The SMILES string of the molecule is NCCOC1[C@@H](O)[C@H](O)C(O)[C@H](O)[C@H]1O. The van der Waals surface area contributed by atoms with Crippen molar-refractivity contribution in [3.8, 4) is 0 Å². The Labute approximate surface area is 86.7 Å². The third kappa shape index (κ3) is 2.45. The minimum atomic E-state index is -1.59. The number of aliphatic hydroxyl groups excluding tert-OH is 5. The van der Waals surface area contributed by atoms with Gasteiger partial charge in [-0.05, 0) is 0 Å². The molecule has 1 aliphatic rings. The van der Waals surface area contributed by atoms with Crippen LogP contribution in [0.15, 0.2) is 0 Å². The molecule has 1 fully saturated rings. The summed E-state index contributed by atoms with van der Waals surface area (Å²) in [7, 11) is 0. The molecule has 15 heavy (non-hydrogen) atoms. The van der Waals surface area contributed by atoms with E-state index in [1.807, 2.05) is 0 Å². The van der Waals surface area contributed by atoms with Gasteiger partial charge in [0.05, 0.1) is 6.61 Å². The molecule has 0 amide bonds. The lowest BCUT2D eigenvalue weighted by molar-refractivity contribution is -0.234. The molecule has 6 atom stereocenters. The fourth-order valence-electron chi connectivity index (χ4n) is 1.60. The van der Waals surface area contributed by atoms with Crippen molar-refractivity contribution in [2.75, 3.05) is 13.2 Å². The Morgan fingerprint density at radius 2 is 1.20 bits per heavy atom. The Balaban J connectivity index is 2.68. The molecule has 7 heteroatoms. The summed E-state index contributed by atoms with van der Waals surface area (Å²) in [6.45, 7) is 0.263. The predicted octanol–water partition coefficient (Wildman–Crippen LogP) is -3.85. The zero-order valence-electron chi connectivity index (χ0n) is 8.10. The summed E-state index contributed by atoms with van der Waals surface area (Å²) in [5, 5.41) is 46.8. The molecule has 0 aliphatic heterocycles. The van der Waals surface area contributed by atoms with Crippen LogP contribution < -0.4 is 5.73 Å². The second-order valence-electron chi connectivity index (χ2n) is 3.58. The largest absolute Gasteiger partial charge is 0.387 e. The molecule has 0 aromatic rings. The van der Waals surface area contributed by atoms with Gasteiger partial charge >= 0.3 is 0 Å². The second kappa shape index (κ2) is 5.17. The van der Waals surface area contributed by atoms with Crippen LogP contribution in [0.1, 0.15) is 0 Å². The summed E-state index contributed by atoms with van der Waals surface area (Å²) >= 11 is 0. The number of hydrogen-bond donors (Lipinski definition) is 6. The fraction of sp³-hybridized carbons (Fsp3) is 1.00. The van der Waals surface area contributed by atoms with E-state index >= 15 is 0 Å². The molecule has 0 aromatic carbocycles. The van der Waals surface area contributed by atoms with Gasteiger partial charge in [-0.25, -0.2) is 0 Å². The van der Waals surface area contributed by atoms with E-state index in [0.29, 0.717) is 0 Å². The van der Waals surface area contributed by atoms with Gasteiger partial charge < -0.3 is 36.0 Å². The Kier molecular flexibility index (Phi) is 4.41. The Hall–Kier alpha value is -0.280. The maximum atomic E-state index is 9.48. The van der Waals surface area contributed by atoms with E-state index in [1.165, 1.54) is 0 Å². The first-order valence-corrected chi connectivity index (χ1v) is 4.72. The van der Waals surface area contributed by atoms with Crippen molar-refractivity contribution >= 4 is 0 Å². The van der Waals surface area contributed by atoms with Crippen LogP contribution in [0.4, 0.5) is 0 Å². The fourth-order valence-corrected chi connectivity index (χ4v) is 1.60. The monoisotopic (exact) mass is 223 g/mol. The number of hydrogen-bond acceptors (Lipinski definition) is 7. The first kappa shape index (κ1) is 12.8. The van der Waals surface area contributed by atoms with Crippen molar-refractivity contribution in [3.63, 3.8) is 0 Å². The number of rotatable bonds is 3. The Morgan fingerprint density at radius 3 is 1.60 bits per heavy atom. The van der Waals surface area contributed by atoms with Gasteiger partial charge in [0.25, 0.3) is 0 Å². The number of ether oxygens (including phenoxy) is 1. The zero-order valence-corrected chi connectivity index (χ0v) is 8.10. The molecule has 0 bridgehead atoms. The molecule has 90 valence electrons. The molecule has 0 radical (unpaired) electrons. The first-order chi connectivity index (χ1) is 7.00. The molecule has 1 saturated carbocycles. The molecule has 1 rings (SSSR count). The van der Waals surface area contributed by atoms with E-state index in [1.54, 1.807) is 0 Å². The summed E-state index contributed by atoms with van der Waals surface area (Å²) in [5.74, 6) is 0. The van der Waals surface area contributed by atoms with Crippen molar-refractivity contribution in [2.45, 2.75) is 36.6 Å². The van der Waals surface area contributed by atoms with Crippen molar-refractivity contribution < 1.29 is 30.3 Å². The molecular weight excluding hydrogens is 206 g/mol. The molecule has 1 aliphatic carbocycles.